The first-order valence-electron chi connectivity index (χ1n) is 9.68. The van der Waals surface area contributed by atoms with Crippen molar-refractivity contribution in [2.75, 3.05) is 5.73 Å². The van der Waals surface area contributed by atoms with Crippen molar-refractivity contribution in [3.8, 4) is 22.6 Å². The molecule has 7 nitrogen and oxygen atoms in total. The second-order valence-electron chi connectivity index (χ2n) is 7.05. The third kappa shape index (κ3) is 4.87. The molecule has 0 saturated carbocycles. The van der Waals surface area contributed by atoms with Gasteiger partial charge in [0.15, 0.2) is 5.82 Å². The molecule has 9 heteroatoms. The third-order valence-corrected chi connectivity index (χ3v) is 4.99. The molecule has 0 radical (unpaired) electrons. The van der Waals surface area contributed by atoms with Gasteiger partial charge in [-0.25, -0.2) is 19.9 Å². The Balaban J connectivity index is 1.73. The Morgan fingerprint density at radius 2 is 1.75 bits per heavy atom. The van der Waals surface area contributed by atoms with Crippen molar-refractivity contribution in [1.82, 2.24) is 25.3 Å². The van der Waals surface area contributed by atoms with Gasteiger partial charge in [-0.15, -0.1) is 0 Å². The Morgan fingerprint density at radius 3 is 2.47 bits per heavy atom. The zero-order chi connectivity index (χ0) is 22.7. The van der Waals surface area contributed by atoms with Crippen LogP contribution in [0.1, 0.15) is 29.0 Å². The summed E-state index contributed by atoms with van der Waals surface area (Å²) in [6.45, 7) is 1.75. The summed E-state index contributed by atoms with van der Waals surface area (Å²) < 4.78 is 13.5. The molecule has 1 atom stereocenters. The van der Waals surface area contributed by atoms with E-state index in [2.05, 4.69) is 25.3 Å². The zero-order valence-electron chi connectivity index (χ0n) is 17.0. The monoisotopic (exact) mass is 448 g/mol. The molecule has 0 bridgehead atoms. The Bertz CT molecular complexity index is 1280. The molecule has 0 unspecified atom stereocenters. The van der Waals surface area contributed by atoms with E-state index in [1.807, 2.05) is 0 Å². The first-order valence-corrected chi connectivity index (χ1v) is 10.1. The Labute approximate surface area is 188 Å². The molecule has 3 N–H and O–H groups in total. The van der Waals surface area contributed by atoms with Crippen LogP contribution in [0.25, 0.3) is 22.6 Å². The highest BCUT2D eigenvalue weighted by Crippen LogP contribution is 2.25. The van der Waals surface area contributed by atoms with E-state index in [0.717, 1.165) is 5.56 Å². The lowest BCUT2D eigenvalue weighted by atomic mass is 10.1. The minimum absolute atomic E-state index is 0.150. The summed E-state index contributed by atoms with van der Waals surface area (Å²) in [6, 6.07) is 14.5. The van der Waals surface area contributed by atoms with Crippen LogP contribution in [0.3, 0.4) is 0 Å². The summed E-state index contributed by atoms with van der Waals surface area (Å²) in [5.74, 6) is -0.425. The van der Waals surface area contributed by atoms with Crippen LogP contribution < -0.4 is 11.1 Å². The number of benzene rings is 1. The Hall–Kier alpha value is -3.91. The number of nitrogens with two attached hydrogens (primary N) is 1. The summed E-state index contributed by atoms with van der Waals surface area (Å²) in [5, 5.41) is 3.42. The highest BCUT2D eigenvalue weighted by molar-refractivity contribution is 6.30. The molecule has 0 saturated heterocycles. The van der Waals surface area contributed by atoms with Crippen LogP contribution in [0.4, 0.5) is 10.2 Å². The highest BCUT2D eigenvalue weighted by Gasteiger charge is 2.17. The Kier molecular flexibility index (Phi) is 6.04. The molecule has 0 fully saturated rings. The summed E-state index contributed by atoms with van der Waals surface area (Å²) in [5.41, 5.74) is 8.46. The number of hydrogen-bond acceptors (Lipinski definition) is 6. The number of halogens is 2. The van der Waals surface area contributed by atoms with Crippen LogP contribution in [-0.2, 0) is 0 Å². The van der Waals surface area contributed by atoms with Crippen molar-refractivity contribution in [3.63, 3.8) is 0 Å². The van der Waals surface area contributed by atoms with E-state index in [1.165, 1.54) is 12.3 Å². The zero-order valence-corrected chi connectivity index (χ0v) is 17.7. The van der Waals surface area contributed by atoms with Crippen molar-refractivity contribution in [2.24, 2.45) is 0 Å². The van der Waals surface area contributed by atoms with Crippen LogP contribution in [0, 0.1) is 5.95 Å². The third-order valence-electron chi connectivity index (χ3n) is 4.74. The van der Waals surface area contributed by atoms with Crippen LogP contribution in [-0.4, -0.2) is 25.8 Å². The number of rotatable bonds is 5. The van der Waals surface area contributed by atoms with Gasteiger partial charge in [0.25, 0.3) is 5.91 Å². The van der Waals surface area contributed by atoms with Gasteiger partial charge in [-0.1, -0.05) is 23.7 Å². The van der Waals surface area contributed by atoms with Gasteiger partial charge in [-0.05, 0) is 55.0 Å². The first kappa shape index (κ1) is 21.3. The second-order valence-corrected chi connectivity index (χ2v) is 7.48. The fourth-order valence-corrected chi connectivity index (χ4v) is 3.22. The van der Waals surface area contributed by atoms with Crippen LogP contribution >= 0.6 is 11.6 Å². The molecule has 3 heterocycles. The van der Waals surface area contributed by atoms with Gasteiger partial charge in [-0.2, -0.15) is 4.39 Å². The molecule has 32 heavy (non-hydrogen) atoms. The second kappa shape index (κ2) is 9.07. The SMILES string of the molecule is C[C@H](NC(=O)c1cc(-c2ccc(Cl)cc2)nc(-c2ccnc(N)c2)n1)c1ccnc(F)c1. The van der Waals surface area contributed by atoms with Gasteiger partial charge in [0.05, 0.1) is 11.7 Å². The van der Waals surface area contributed by atoms with Gasteiger partial charge < -0.3 is 11.1 Å². The summed E-state index contributed by atoms with van der Waals surface area (Å²) in [4.78, 5) is 29.6. The fourth-order valence-electron chi connectivity index (χ4n) is 3.09. The van der Waals surface area contributed by atoms with Gasteiger partial charge in [0, 0.05) is 28.5 Å². The molecule has 0 aliphatic rings. The maximum atomic E-state index is 13.5. The molecule has 0 aliphatic carbocycles. The van der Waals surface area contributed by atoms with E-state index in [0.29, 0.717) is 33.5 Å². The maximum absolute atomic E-state index is 13.5. The summed E-state index contributed by atoms with van der Waals surface area (Å²) in [7, 11) is 0. The van der Waals surface area contributed by atoms with E-state index in [9.17, 15) is 9.18 Å². The predicted molar refractivity (Wildman–Crippen MR) is 120 cm³/mol. The van der Waals surface area contributed by atoms with Crippen molar-refractivity contribution in [2.45, 2.75) is 13.0 Å². The van der Waals surface area contributed by atoms with Crippen molar-refractivity contribution in [3.05, 3.63) is 89.2 Å². The quantitative estimate of drug-likeness (QED) is 0.436. The lowest BCUT2D eigenvalue weighted by Gasteiger charge is -2.15. The molecular weight excluding hydrogens is 431 g/mol. The number of nitrogens with one attached hydrogen (secondary N) is 1. The van der Waals surface area contributed by atoms with Crippen LogP contribution in [0.5, 0.6) is 0 Å². The number of amides is 1. The number of hydrogen-bond donors (Lipinski definition) is 2. The largest absolute Gasteiger partial charge is 0.384 e. The van der Waals surface area contributed by atoms with E-state index < -0.39 is 17.9 Å². The number of pyridine rings is 2. The topological polar surface area (TPSA) is 107 Å². The lowest BCUT2D eigenvalue weighted by Crippen LogP contribution is -2.28. The number of anilines is 1. The average Bonchev–Trinajstić information content (AvgIpc) is 2.79. The summed E-state index contributed by atoms with van der Waals surface area (Å²) in [6.07, 6.45) is 2.89. The van der Waals surface area contributed by atoms with Crippen LogP contribution in [0.15, 0.2) is 67.0 Å². The molecule has 0 spiro atoms. The van der Waals surface area contributed by atoms with Crippen molar-refractivity contribution in [1.29, 1.82) is 0 Å². The van der Waals surface area contributed by atoms with Crippen molar-refractivity contribution < 1.29 is 9.18 Å². The standard InChI is InChI=1S/C23H18ClFN6O/c1-13(15-6-8-27-20(25)10-15)29-23(32)19-12-18(14-2-4-17(24)5-3-14)30-22(31-19)16-7-9-28-21(26)11-16/h2-13H,1H3,(H2,26,28)(H,29,32)/t13-/m0/s1. The lowest BCUT2D eigenvalue weighted by molar-refractivity contribution is 0.0934. The predicted octanol–water partition coefficient (Wildman–Crippen LogP) is 4.47. The number of nitrogen functional groups attached to an aromatic ring is 1. The minimum atomic E-state index is -0.617. The van der Waals surface area contributed by atoms with E-state index >= 15 is 0 Å². The van der Waals surface area contributed by atoms with E-state index in [1.54, 1.807) is 61.7 Å². The maximum Gasteiger partial charge on any atom is 0.270 e. The smallest absolute Gasteiger partial charge is 0.270 e. The van der Waals surface area contributed by atoms with Gasteiger partial charge in [-0.3, -0.25) is 4.79 Å². The first-order chi connectivity index (χ1) is 15.4. The molecule has 0 aliphatic heterocycles. The number of carbonyl (C=O) groups is 1. The fraction of sp³-hybridized carbons (Fsp3) is 0.0870. The highest BCUT2D eigenvalue weighted by atomic mass is 35.5. The minimum Gasteiger partial charge on any atom is -0.384 e. The molecular formula is C23H18ClFN6O. The van der Waals surface area contributed by atoms with Gasteiger partial charge >= 0.3 is 0 Å². The molecule has 160 valence electrons. The van der Waals surface area contributed by atoms with Crippen molar-refractivity contribution >= 4 is 23.3 Å². The van der Waals surface area contributed by atoms with Crippen LogP contribution in [0.2, 0.25) is 5.02 Å². The summed E-state index contributed by atoms with van der Waals surface area (Å²) >= 11 is 6.00. The Morgan fingerprint density at radius 1 is 1.00 bits per heavy atom. The molecule has 4 rings (SSSR count). The molecule has 1 amide bonds. The number of carbonyl (C=O) groups excluding carboxylic acids is 1. The number of aromatic nitrogens is 4. The van der Waals surface area contributed by atoms with Gasteiger partial charge in [0.2, 0.25) is 5.95 Å². The normalized spacial score (nSPS) is 11.7. The average molecular weight is 449 g/mol. The van der Waals surface area contributed by atoms with Gasteiger partial charge in [0.1, 0.15) is 11.5 Å². The van der Waals surface area contributed by atoms with E-state index in [4.69, 9.17) is 17.3 Å². The molecule has 4 aromatic rings. The molecule has 3 aromatic heterocycles. The molecule has 1 aromatic carbocycles. The van der Waals surface area contributed by atoms with E-state index in [-0.39, 0.29) is 5.69 Å². The number of nitrogens with zero attached hydrogens (tertiary/aromatic N) is 4.